The van der Waals surface area contributed by atoms with Crippen LogP contribution in [0.4, 0.5) is 0 Å². The fraction of sp³-hybridized carbons (Fsp3) is 0.400. The van der Waals surface area contributed by atoms with Gasteiger partial charge in [0, 0.05) is 17.7 Å². The van der Waals surface area contributed by atoms with Gasteiger partial charge in [0.25, 0.3) is 0 Å². The van der Waals surface area contributed by atoms with E-state index in [1.807, 2.05) is 31.2 Å². The first-order valence-corrected chi connectivity index (χ1v) is 8.69. The molecule has 0 unspecified atom stereocenters. The maximum atomic E-state index is 12.7. The van der Waals surface area contributed by atoms with E-state index in [2.05, 4.69) is 4.98 Å². The standard InChI is InChI=1S/C20H23NO4/c1-4-24-15-8-6-13(7-9-15)14-10-16-18(17(22)11-14)12(3)19(21-16)20(23)25-5-2/h6-9,14,21H,4-5,10-11H2,1-3H3/t14-/m0/s1. The third kappa shape index (κ3) is 3.31. The highest BCUT2D eigenvalue weighted by Crippen LogP contribution is 2.35. The third-order valence-electron chi connectivity index (χ3n) is 4.63. The van der Waals surface area contributed by atoms with Crippen molar-refractivity contribution in [3.63, 3.8) is 0 Å². The van der Waals surface area contributed by atoms with E-state index in [1.165, 1.54) is 0 Å². The second kappa shape index (κ2) is 7.13. The minimum absolute atomic E-state index is 0.0735. The Bertz CT molecular complexity index is 789. The largest absolute Gasteiger partial charge is 0.494 e. The highest BCUT2D eigenvalue weighted by Gasteiger charge is 2.32. The van der Waals surface area contributed by atoms with E-state index in [9.17, 15) is 9.59 Å². The number of benzene rings is 1. The lowest BCUT2D eigenvalue weighted by Gasteiger charge is -2.22. The van der Waals surface area contributed by atoms with Crippen molar-refractivity contribution in [1.29, 1.82) is 0 Å². The van der Waals surface area contributed by atoms with Crippen LogP contribution in [0.5, 0.6) is 5.75 Å². The lowest BCUT2D eigenvalue weighted by atomic mass is 9.81. The Kier molecular flexibility index (Phi) is 4.93. The average molecular weight is 341 g/mol. The summed E-state index contributed by atoms with van der Waals surface area (Å²) in [6.07, 6.45) is 1.15. The summed E-state index contributed by atoms with van der Waals surface area (Å²) in [6, 6.07) is 7.89. The predicted octanol–water partition coefficient (Wildman–Crippen LogP) is 3.81. The molecule has 0 bridgehead atoms. The van der Waals surface area contributed by atoms with E-state index in [1.54, 1.807) is 13.8 Å². The van der Waals surface area contributed by atoms with Crippen LogP contribution in [0.3, 0.4) is 0 Å². The van der Waals surface area contributed by atoms with Crippen LogP contribution in [-0.2, 0) is 11.2 Å². The second-order valence-electron chi connectivity index (χ2n) is 6.23. The summed E-state index contributed by atoms with van der Waals surface area (Å²) in [5.74, 6) is 0.599. The molecule has 1 N–H and O–H groups in total. The SMILES string of the molecule is CCOC(=O)c1[nH]c2c(c1C)C(=O)C[C@@H](c1ccc(OCC)cc1)C2. The molecule has 0 saturated carbocycles. The number of hydrogen-bond donors (Lipinski definition) is 1. The first-order chi connectivity index (χ1) is 12.0. The smallest absolute Gasteiger partial charge is 0.355 e. The summed E-state index contributed by atoms with van der Waals surface area (Å²) in [4.78, 5) is 27.8. The molecule has 0 fully saturated rings. The minimum atomic E-state index is -0.403. The van der Waals surface area contributed by atoms with Crippen LogP contribution in [0.1, 0.15) is 63.9 Å². The fourth-order valence-corrected chi connectivity index (χ4v) is 3.48. The molecular formula is C20H23NO4. The molecule has 1 aromatic heterocycles. The number of hydrogen-bond acceptors (Lipinski definition) is 4. The summed E-state index contributed by atoms with van der Waals surface area (Å²) in [7, 11) is 0. The van der Waals surface area contributed by atoms with Crippen LogP contribution in [0.2, 0.25) is 0 Å². The number of H-pyrrole nitrogens is 1. The van der Waals surface area contributed by atoms with Crippen LogP contribution >= 0.6 is 0 Å². The number of ether oxygens (including phenoxy) is 2. The highest BCUT2D eigenvalue weighted by atomic mass is 16.5. The van der Waals surface area contributed by atoms with Crippen molar-refractivity contribution < 1.29 is 19.1 Å². The molecule has 1 aliphatic carbocycles. The molecule has 0 saturated heterocycles. The molecule has 0 radical (unpaired) electrons. The first kappa shape index (κ1) is 17.3. The predicted molar refractivity (Wildman–Crippen MR) is 94.5 cm³/mol. The number of aromatic amines is 1. The van der Waals surface area contributed by atoms with Gasteiger partial charge in [0.15, 0.2) is 5.78 Å². The number of rotatable bonds is 5. The molecule has 1 heterocycles. The summed E-state index contributed by atoms with van der Waals surface area (Å²) in [5, 5.41) is 0. The van der Waals surface area contributed by atoms with E-state index in [-0.39, 0.29) is 11.7 Å². The number of aromatic nitrogens is 1. The zero-order chi connectivity index (χ0) is 18.0. The number of Topliss-reactive ketones (excluding diaryl/α,β-unsaturated/α-hetero) is 1. The number of fused-ring (bicyclic) bond motifs is 1. The molecule has 1 aromatic carbocycles. The summed E-state index contributed by atoms with van der Waals surface area (Å²) >= 11 is 0. The molecule has 0 spiro atoms. The van der Waals surface area contributed by atoms with E-state index in [0.717, 1.165) is 17.0 Å². The van der Waals surface area contributed by atoms with E-state index in [4.69, 9.17) is 9.47 Å². The zero-order valence-electron chi connectivity index (χ0n) is 14.8. The molecule has 1 atom stereocenters. The molecule has 5 heteroatoms. The van der Waals surface area contributed by atoms with Gasteiger partial charge in [-0.3, -0.25) is 4.79 Å². The van der Waals surface area contributed by atoms with Gasteiger partial charge in [0.1, 0.15) is 11.4 Å². The molecule has 132 valence electrons. The van der Waals surface area contributed by atoms with Gasteiger partial charge in [-0.1, -0.05) is 12.1 Å². The van der Waals surface area contributed by atoms with Gasteiger partial charge in [-0.2, -0.15) is 0 Å². The Labute approximate surface area is 147 Å². The number of nitrogens with one attached hydrogen (secondary N) is 1. The highest BCUT2D eigenvalue weighted by molar-refractivity contribution is 6.03. The van der Waals surface area contributed by atoms with E-state index < -0.39 is 5.97 Å². The topological polar surface area (TPSA) is 68.4 Å². The van der Waals surface area contributed by atoms with Gasteiger partial charge in [-0.15, -0.1) is 0 Å². The summed E-state index contributed by atoms with van der Waals surface area (Å²) < 4.78 is 10.5. The average Bonchev–Trinajstić information content (AvgIpc) is 2.93. The molecule has 0 amide bonds. The van der Waals surface area contributed by atoms with Crippen LogP contribution in [0.25, 0.3) is 0 Å². The van der Waals surface area contributed by atoms with Gasteiger partial charge in [-0.05, 0) is 56.4 Å². The van der Waals surface area contributed by atoms with Crippen molar-refractivity contribution in [2.45, 2.75) is 39.5 Å². The normalized spacial score (nSPS) is 16.4. The Hall–Kier alpha value is -2.56. The maximum Gasteiger partial charge on any atom is 0.355 e. The molecule has 2 aromatic rings. The van der Waals surface area contributed by atoms with Crippen LogP contribution in [0, 0.1) is 6.92 Å². The Morgan fingerprint density at radius 2 is 1.88 bits per heavy atom. The van der Waals surface area contributed by atoms with Crippen molar-refractivity contribution in [3.8, 4) is 5.75 Å². The maximum absolute atomic E-state index is 12.7. The lowest BCUT2D eigenvalue weighted by Crippen LogP contribution is -2.18. The number of ketones is 1. The molecule has 3 rings (SSSR count). The lowest BCUT2D eigenvalue weighted by molar-refractivity contribution is 0.0519. The van der Waals surface area contributed by atoms with Crippen molar-refractivity contribution in [2.24, 2.45) is 0 Å². The third-order valence-corrected chi connectivity index (χ3v) is 4.63. The molecule has 1 aliphatic rings. The van der Waals surface area contributed by atoms with Gasteiger partial charge in [0.2, 0.25) is 0 Å². The minimum Gasteiger partial charge on any atom is -0.494 e. The molecule has 25 heavy (non-hydrogen) atoms. The molecular weight excluding hydrogens is 318 g/mol. The summed E-state index contributed by atoms with van der Waals surface area (Å²) in [5.41, 5.74) is 3.68. The van der Waals surface area contributed by atoms with Crippen molar-refractivity contribution >= 4 is 11.8 Å². The van der Waals surface area contributed by atoms with Crippen molar-refractivity contribution in [3.05, 3.63) is 52.3 Å². The van der Waals surface area contributed by atoms with Gasteiger partial charge in [-0.25, -0.2) is 4.79 Å². The fourth-order valence-electron chi connectivity index (χ4n) is 3.48. The van der Waals surface area contributed by atoms with Gasteiger partial charge >= 0.3 is 5.97 Å². The quantitative estimate of drug-likeness (QED) is 0.840. The van der Waals surface area contributed by atoms with Crippen LogP contribution in [0.15, 0.2) is 24.3 Å². The Morgan fingerprint density at radius 1 is 1.16 bits per heavy atom. The monoisotopic (exact) mass is 341 g/mol. The number of carbonyl (C=O) groups excluding carboxylic acids is 2. The second-order valence-corrected chi connectivity index (χ2v) is 6.23. The number of carbonyl (C=O) groups is 2. The zero-order valence-corrected chi connectivity index (χ0v) is 14.8. The van der Waals surface area contributed by atoms with Crippen molar-refractivity contribution in [1.82, 2.24) is 4.98 Å². The van der Waals surface area contributed by atoms with Crippen molar-refractivity contribution in [2.75, 3.05) is 13.2 Å². The Morgan fingerprint density at radius 3 is 2.52 bits per heavy atom. The molecule has 5 nitrogen and oxygen atoms in total. The van der Waals surface area contributed by atoms with Gasteiger partial charge in [0.05, 0.1) is 13.2 Å². The number of esters is 1. The molecule has 0 aliphatic heterocycles. The van der Waals surface area contributed by atoms with Crippen LogP contribution in [-0.4, -0.2) is 30.0 Å². The van der Waals surface area contributed by atoms with Gasteiger partial charge < -0.3 is 14.5 Å². The summed E-state index contributed by atoms with van der Waals surface area (Å²) in [6.45, 7) is 6.46. The van der Waals surface area contributed by atoms with E-state index in [0.29, 0.717) is 42.9 Å². The Balaban J connectivity index is 1.87. The van der Waals surface area contributed by atoms with E-state index >= 15 is 0 Å². The first-order valence-electron chi connectivity index (χ1n) is 8.69. The van der Waals surface area contributed by atoms with Crippen LogP contribution < -0.4 is 4.74 Å².